The van der Waals surface area contributed by atoms with Crippen LogP contribution in [-0.2, 0) is 11.3 Å². The van der Waals surface area contributed by atoms with Crippen LogP contribution in [0, 0.1) is 0 Å². The summed E-state index contributed by atoms with van der Waals surface area (Å²) in [4.78, 5) is 0. The van der Waals surface area contributed by atoms with Crippen LogP contribution in [0.5, 0.6) is 5.75 Å². The van der Waals surface area contributed by atoms with Crippen LogP contribution in [0.1, 0.15) is 5.56 Å². The predicted octanol–water partition coefficient (Wildman–Crippen LogP) is 1.99. The molecule has 0 heterocycles. The summed E-state index contributed by atoms with van der Waals surface area (Å²) in [6.45, 7) is 6.15. The molecule has 0 aliphatic heterocycles. The molecule has 0 saturated carbocycles. The van der Waals surface area contributed by atoms with E-state index in [4.69, 9.17) is 9.47 Å². The highest BCUT2D eigenvalue weighted by Gasteiger charge is 1.96. The molecular weight excluding hydrogens is 202 g/mol. The average molecular weight is 221 g/mol. The molecule has 1 aromatic carbocycles. The fraction of sp³-hybridized carbons (Fsp3) is 0.385. The highest BCUT2D eigenvalue weighted by molar-refractivity contribution is 5.28. The molecular formula is C13H19NO2. The van der Waals surface area contributed by atoms with Gasteiger partial charge in [0, 0.05) is 6.54 Å². The second-order valence-electron chi connectivity index (χ2n) is 3.39. The maximum absolute atomic E-state index is 5.55. The van der Waals surface area contributed by atoms with Crippen LogP contribution in [0.3, 0.4) is 0 Å². The molecule has 0 spiro atoms. The maximum Gasteiger partial charge on any atom is 0.119 e. The van der Waals surface area contributed by atoms with Crippen molar-refractivity contribution >= 4 is 0 Å². The van der Waals surface area contributed by atoms with E-state index in [9.17, 15) is 0 Å². The first-order valence-electron chi connectivity index (χ1n) is 5.42. The molecule has 88 valence electrons. The third-order valence-electron chi connectivity index (χ3n) is 2.01. The third-order valence-corrected chi connectivity index (χ3v) is 2.01. The molecule has 1 rings (SSSR count). The summed E-state index contributed by atoms with van der Waals surface area (Å²) in [5.41, 5.74) is 1.21. The molecule has 0 atom stereocenters. The molecule has 0 radical (unpaired) electrons. The van der Waals surface area contributed by atoms with Crippen LogP contribution < -0.4 is 10.1 Å². The van der Waals surface area contributed by atoms with Gasteiger partial charge in [-0.3, -0.25) is 0 Å². The van der Waals surface area contributed by atoms with E-state index >= 15 is 0 Å². The Balaban J connectivity index is 2.30. The molecule has 3 heteroatoms. The Kier molecular flexibility index (Phi) is 6.30. The molecule has 0 bridgehead atoms. The lowest BCUT2D eigenvalue weighted by atomic mass is 10.2. The molecule has 0 saturated heterocycles. The van der Waals surface area contributed by atoms with Gasteiger partial charge in [-0.25, -0.2) is 0 Å². The zero-order valence-electron chi connectivity index (χ0n) is 9.74. The third kappa shape index (κ3) is 4.96. The van der Waals surface area contributed by atoms with Gasteiger partial charge in [0.1, 0.15) is 12.4 Å². The monoisotopic (exact) mass is 221 g/mol. The van der Waals surface area contributed by atoms with Crippen molar-refractivity contribution in [3.8, 4) is 5.75 Å². The van der Waals surface area contributed by atoms with E-state index in [1.165, 1.54) is 5.56 Å². The molecule has 0 aliphatic carbocycles. The van der Waals surface area contributed by atoms with E-state index in [0.717, 1.165) is 12.3 Å². The normalized spacial score (nSPS) is 10.1. The van der Waals surface area contributed by atoms with E-state index in [1.54, 1.807) is 6.08 Å². The maximum atomic E-state index is 5.55. The number of benzene rings is 1. The molecule has 0 aromatic heterocycles. The molecule has 16 heavy (non-hydrogen) atoms. The number of ether oxygens (including phenoxy) is 2. The standard InChI is InChI=1S/C13H19NO2/c1-3-7-15-8-9-16-13-6-4-5-12(10-13)11-14-2/h3-6,10,14H,1,7-9,11H2,2H3. The van der Waals surface area contributed by atoms with Crippen LogP contribution in [0.2, 0.25) is 0 Å². The Morgan fingerprint density at radius 3 is 3.00 bits per heavy atom. The summed E-state index contributed by atoms with van der Waals surface area (Å²) in [5.74, 6) is 0.884. The predicted molar refractivity (Wildman–Crippen MR) is 65.7 cm³/mol. The Morgan fingerprint density at radius 2 is 2.25 bits per heavy atom. The number of nitrogens with one attached hydrogen (secondary N) is 1. The van der Waals surface area contributed by atoms with Crippen LogP contribution in [-0.4, -0.2) is 26.9 Å². The summed E-state index contributed by atoms with van der Waals surface area (Å²) >= 11 is 0. The van der Waals surface area contributed by atoms with Crippen LogP contribution in [0.15, 0.2) is 36.9 Å². The minimum atomic E-state index is 0.566. The molecule has 0 fully saturated rings. The Morgan fingerprint density at radius 1 is 1.38 bits per heavy atom. The van der Waals surface area contributed by atoms with Gasteiger partial charge in [0.25, 0.3) is 0 Å². The Bertz CT molecular complexity index is 313. The minimum Gasteiger partial charge on any atom is -0.491 e. The van der Waals surface area contributed by atoms with Crippen molar-refractivity contribution in [2.45, 2.75) is 6.54 Å². The largest absolute Gasteiger partial charge is 0.491 e. The zero-order valence-corrected chi connectivity index (χ0v) is 9.74. The van der Waals surface area contributed by atoms with E-state index < -0.39 is 0 Å². The summed E-state index contributed by atoms with van der Waals surface area (Å²) < 4.78 is 10.8. The second-order valence-corrected chi connectivity index (χ2v) is 3.39. The van der Waals surface area contributed by atoms with Crippen molar-refractivity contribution in [2.75, 3.05) is 26.9 Å². The first-order valence-corrected chi connectivity index (χ1v) is 5.42. The molecule has 1 N–H and O–H groups in total. The van der Waals surface area contributed by atoms with Crippen molar-refractivity contribution in [3.63, 3.8) is 0 Å². The molecule has 0 unspecified atom stereocenters. The van der Waals surface area contributed by atoms with Crippen LogP contribution >= 0.6 is 0 Å². The quantitative estimate of drug-likeness (QED) is 0.538. The van der Waals surface area contributed by atoms with Gasteiger partial charge in [-0.15, -0.1) is 6.58 Å². The molecule has 0 amide bonds. The zero-order chi connectivity index (χ0) is 11.6. The fourth-order valence-electron chi connectivity index (χ4n) is 1.33. The van der Waals surface area contributed by atoms with E-state index in [-0.39, 0.29) is 0 Å². The van der Waals surface area contributed by atoms with Gasteiger partial charge in [0.15, 0.2) is 0 Å². The topological polar surface area (TPSA) is 30.5 Å². The van der Waals surface area contributed by atoms with Crippen molar-refractivity contribution in [1.82, 2.24) is 5.32 Å². The lowest BCUT2D eigenvalue weighted by Crippen LogP contribution is -2.08. The highest BCUT2D eigenvalue weighted by Crippen LogP contribution is 2.12. The lowest BCUT2D eigenvalue weighted by molar-refractivity contribution is 0.121. The minimum absolute atomic E-state index is 0.566. The number of hydrogen-bond acceptors (Lipinski definition) is 3. The summed E-state index contributed by atoms with van der Waals surface area (Å²) in [5, 5.41) is 3.10. The van der Waals surface area contributed by atoms with Crippen molar-refractivity contribution < 1.29 is 9.47 Å². The lowest BCUT2D eigenvalue weighted by Gasteiger charge is -2.07. The highest BCUT2D eigenvalue weighted by atomic mass is 16.5. The Hall–Kier alpha value is -1.32. The van der Waals surface area contributed by atoms with Gasteiger partial charge < -0.3 is 14.8 Å². The number of hydrogen-bond donors (Lipinski definition) is 1. The smallest absolute Gasteiger partial charge is 0.119 e. The summed E-state index contributed by atoms with van der Waals surface area (Å²) in [6, 6.07) is 8.04. The summed E-state index contributed by atoms with van der Waals surface area (Å²) in [7, 11) is 1.93. The average Bonchev–Trinajstić information content (AvgIpc) is 2.30. The first kappa shape index (κ1) is 12.7. The second kappa shape index (κ2) is 7.91. The van der Waals surface area contributed by atoms with Gasteiger partial charge in [0.2, 0.25) is 0 Å². The van der Waals surface area contributed by atoms with Gasteiger partial charge in [-0.1, -0.05) is 18.2 Å². The SMILES string of the molecule is C=CCOCCOc1cccc(CNC)c1. The van der Waals surface area contributed by atoms with Crippen molar-refractivity contribution in [3.05, 3.63) is 42.5 Å². The fourth-order valence-corrected chi connectivity index (χ4v) is 1.33. The van der Waals surface area contributed by atoms with Crippen molar-refractivity contribution in [2.24, 2.45) is 0 Å². The van der Waals surface area contributed by atoms with Gasteiger partial charge in [-0.2, -0.15) is 0 Å². The van der Waals surface area contributed by atoms with Crippen LogP contribution in [0.4, 0.5) is 0 Å². The molecule has 1 aromatic rings. The van der Waals surface area contributed by atoms with E-state index in [0.29, 0.717) is 19.8 Å². The van der Waals surface area contributed by atoms with Gasteiger partial charge >= 0.3 is 0 Å². The van der Waals surface area contributed by atoms with E-state index in [2.05, 4.69) is 18.0 Å². The van der Waals surface area contributed by atoms with E-state index in [1.807, 2.05) is 25.2 Å². The number of rotatable bonds is 8. The molecule has 3 nitrogen and oxygen atoms in total. The summed E-state index contributed by atoms with van der Waals surface area (Å²) in [6.07, 6.45) is 1.73. The van der Waals surface area contributed by atoms with Crippen molar-refractivity contribution in [1.29, 1.82) is 0 Å². The van der Waals surface area contributed by atoms with Crippen LogP contribution in [0.25, 0.3) is 0 Å². The first-order chi connectivity index (χ1) is 7.86. The van der Waals surface area contributed by atoms with Gasteiger partial charge in [0.05, 0.1) is 13.2 Å². The Labute approximate surface area is 97.1 Å². The molecule has 0 aliphatic rings. The van der Waals surface area contributed by atoms with Gasteiger partial charge in [-0.05, 0) is 24.7 Å².